The molecule has 2 rings (SSSR count). The van der Waals surface area contributed by atoms with Gasteiger partial charge in [0.05, 0.1) is 0 Å². The van der Waals surface area contributed by atoms with Crippen LogP contribution in [0, 0.1) is 6.92 Å². The van der Waals surface area contributed by atoms with E-state index in [0.717, 1.165) is 51.5 Å². The minimum atomic E-state index is 0.791. The minimum absolute atomic E-state index is 0.791. The topological polar surface area (TPSA) is 45.4 Å². The van der Waals surface area contributed by atoms with Gasteiger partial charge in [0, 0.05) is 32.4 Å². The van der Waals surface area contributed by atoms with Crippen LogP contribution in [0.25, 0.3) is 0 Å². The summed E-state index contributed by atoms with van der Waals surface area (Å²) in [5.41, 5.74) is 6.75. The lowest BCUT2D eigenvalue weighted by Crippen LogP contribution is -2.47. The summed E-state index contributed by atoms with van der Waals surface area (Å²) >= 11 is 0. The Hall–Kier alpha value is -1.13. The van der Waals surface area contributed by atoms with Crippen LogP contribution in [0.15, 0.2) is 18.3 Å². The average molecular weight is 234 g/mol. The predicted molar refractivity (Wildman–Crippen MR) is 71.3 cm³/mol. The number of hydrogen-bond donors (Lipinski definition) is 1. The molecule has 0 saturated carbocycles. The summed E-state index contributed by atoms with van der Waals surface area (Å²) in [5.74, 6) is 1.11. The Kier molecular flexibility index (Phi) is 4.34. The summed E-state index contributed by atoms with van der Waals surface area (Å²) in [5, 5.41) is 0. The van der Waals surface area contributed by atoms with Crippen molar-refractivity contribution in [2.45, 2.75) is 13.3 Å². The van der Waals surface area contributed by atoms with Crippen LogP contribution in [0.1, 0.15) is 12.0 Å². The van der Waals surface area contributed by atoms with Crippen LogP contribution in [0.4, 0.5) is 5.82 Å². The highest BCUT2D eigenvalue weighted by molar-refractivity contribution is 5.39. The zero-order valence-corrected chi connectivity index (χ0v) is 10.6. The fourth-order valence-electron chi connectivity index (χ4n) is 2.16. The summed E-state index contributed by atoms with van der Waals surface area (Å²) in [6.07, 6.45) is 3.04. The fraction of sp³-hybridized carbons (Fsp3) is 0.615. The molecule has 1 aromatic heterocycles. The number of pyridine rings is 1. The van der Waals surface area contributed by atoms with Gasteiger partial charge in [-0.1, -0.05) is 6.07 Å². The van der Waals surface area contributed by atoms with E-state index >= 15 is 0 Å². The van der Waals surface area contributed by atoms with Gasteiger partial charge in [0.25, 0.3) is 0 Å². The highest BCUT2D eigenvalue weighted by Crippen LogP contribution is 2.13. The van der Waals surface area contributed by atoms with Crippen molar-refractivity contribution in [1.29, 1.82) is 0 Å². The van der Waals surface area contributed by atoms with Gasteiger partial charge in [-0.25, -0.2) is 4.98 Å². The lowest BCUT2D eigenvalue weighted by atomic mass is 10.2. The molecule has 1 aliphatic rings. The normalized spacial score (nSPS) is 17.4. The second-order valence-electron chi connectivity index (χ2n) is 4.66. The standard InChI is InChI=1S/C13H22N4/c1-12-3-4-13(15-11-12)17-9-7-16(8-10-17)6-2-5-14/h3-4,11H,2,5-10,14H2,1H3. The van der Waals surface area contributed by atoms with Crippen LogP contribution in [0.3, 0.4) is 0 Å². The lowest BCUT2D eigenvalue weighted by molar-refractivity contribution is 0.256. The van der Waals surface area contributed by atoms with E-state index in [4.69, 9.17) is 5.73 Å². The molecule has 2 N–H and O–H groups in total. The molecule has 1 aliphatic heterocycles. The molecule has 0 aliphatic carbocycles. The van der Waals surface area contributed by atoms with Crippen molar-refractivity contribution in [2.24, 2.45) is 5.73 Å². The molecule has 0 atom stereocenters. The molecular formula is C13H22N4. The Morgan fingerprint density at radius 1 is 1.24 bits per heavy atom. The van der Waals surface area contributed by atoms with Gasteiger partial charge in [0.15, 0.2) is 0 Å². The number of aryl methyl sites for hydroxylation is 1. The second kappa shape index (κ2) is 5.98. The molecule has 1 saturated heterocycles. The van der Waals surface area contributed by atoms with Gasteiger partial charge in [0.2, 0.25) is 0 Å². The molecule has 0 amide bonds. The molecular weight excluding hydrogens is 212 g/mol. The third-order valence-electron chi connectivity index (χ3n) is 3.27. The first-order valence-electron chi connectivity index (χ1n) is 6.39. The Morgan fingerprint density at radius 3 is 2.59 bits per heavy atom. The molecule has 0 spiro atoms. The molecule has 1 fully saturated rings. The Morgan fingerprint density at radius 2 is 2.00 bits per heavy atom. The summed E-state index contributed by atoms with van der Waals surface area (Å²) in [7, 11) is 0. The number of nitrogens with two attached hydrogens (primary N) is 1. The number of rotatable bonds is 4. The zero-order valence-electron chi connectivity index (χ0n) is 10.6. The van der Waals surface area contributed by atoms with Crippen molar-refractivity contribution in [1.82, 2.24) is 9.88 Å². The molecule has 17 heavy (non-hydrogen) atoms. The van der Waals surface area contributed by atoms with Gasteiger partial charge in [-0.2, -0.15) is 0 Å². The van der Waals surface area contributed by atoms with E-state index in [-0.39, 0.29) is 0 Å². The van der Waals surface area contributed by atoms with Crippen molar-refractivity contribution < 1.29 is 0 Å². The van der Waals surface area contributed by atoms with Crippen LogP contribution in [-0.4, -0.2) is 49.2 Å². The van der Waals surface area contributed by atoms with Crippen molar-refractivity contribution in [3.05, 3.63) is 23.9 Å². The monoisotopic (exact) mass is 234 g/mol. The van der Waals surface area contributed by atoms with Crippen molar-refractivity contribution in [2.75, 3.05) is 44.2 Å². The lowest BCUT2D eigenvalue weighted by Gasteiger charge is -2.35. The third-order valence-corrected chi connectivity index (χ3v) is 3.27. The number of anilines is 1. The molecule has 2 heterocycles. The first-order valence-corrected chi connectivity index (χ1v) is 6.39. The van der Waals surface area contributed by atoms with Gasteiger partial charge in [-0.15, -0.1) is 0 Å². The van der Waals surface area contributed by atoms with Crippen molar-refractivity contribution in [3.63, 3.8) is 0 Å². The maximum absolute atomic E-state index is 5.53. The van der Waals surface area contributed by atoms with E-state index in [2.05, 4.69) is 33.8 Å². The van der Waals surface area contributed by atoms with Crippen LogP contribution in [0.2, 0.25) is 0 Å². The quantitative estimate of drug-likeness (QED) is 0.839. The van der Waals surface area contributed by atoms with Crippen LogP contribution < -0.4 is 10.6 Å². The second-order valence-corrected chi connectivity index (χ2v) is 4.66. The Bertz CT molecular complexity index is 328. The molecule has 4 nitrogen and oxygen atoms in total. The molecule has 0 bridgehead atoms. The Labute approximate surface area is 103 Å². The van der Waals surface area contributed by atoms with E-state index in [1.165, 1.54) is 5.56 Å². The summed E-state index contributed by atoms with van der Waals surface area (Å²) in [4.78, 5) is 9.32. The number of hydrogen-bond acceptors (Lipinski definition) is 4. The van der Waals surface area contributed by atoms with Crippen LogP contribution in [0.5, 0.6) is 0 Å². The third kappa shape index (κ3) is 3.41. The minimum Gasteiger partial charge on any atom is -0.354 e. The largest absolute Gasteiger partial charge is 0.354 e. The van der Waals surface area contributed by atoms with E-state index < -0.39 is 0 Å². The van der Waals surface area contributed by atoms with Gasteiger partial charge < -0.3 is 10.6 Å². The van der Waals surface area contributed by atoms with Crippen molar-refractivity contribution >= 4 is 5.82 Å². The fourth-order valence-corrected chi connectivity index (χ4v) is 2.16. The summed E-state index contributed by atoms with van der Waals surface area (Å²) < 4.78 is 0. The van der Waals surface area contributed by atoms with Gasteiger partial charge in [0.1, 0.15) is 5.82 Å². The van der Waals surface area contributed by atoms with Crippen molar-refractivity contribution in [3.8, 4) is 0 Å². The van der Waals surface area contributed by atoms with Crippen LogP contribution in [-0.2, 0) is 0 Å². The van der Waals surface area contributed by atoms with Gasteiger partial charge >= 0.3 is 0 Å². The predicted octanol–water partition coefficient (Wildman–Crippen LogP) is 0.861. The smallest absolute Gasteiger partial charge is 0.128 e. The maximum Gasteiger partial charge on any atom is 0.128 e. The van der Waals surface area contributed by atoms with E-state index in [0.29, 0.717) is 0 Å². The first kappa shape index (κ1) is 12.3. The summed E-state index contributed by atoms with van der Waals surface area (Å²) in [6.45, 7) is 8.37. The highest BCUT2D eigenvalue weighted by Gasteiger charge is 2.16. The van der Waals surface area contributed by atoms with Gasteiger partial charge in [-0.05, 0) is 38.1 Å². The van der Waals surface area contributed by atoms with Gasteiger partial charge in [-0.3, -0.25) is 4.90 Å². The highest BCUT2D eigenvalue weighted by atomic mass is 15.3. The summed E-state index contributed by atoms with van der Waals surface area (Å²) in [6, 6.07) is 4.24. The Balaban J connectivity index is 1.84. The number of nitrogens with zero attached hydrogens (tertiary/aromatic N) is 3. The number of piperazine rings is 1. The molecule has 94 valence electrons. The molecule has 4 heteroatoms. The van der Waals surface area contributed by atoms with E-state index in [9.17, 15) is 0 Å². The van der Waals surface area contributed by atoms with Crippen LogP contribution >= 0.6 is 0 Å². The molecule has 1 aromatic rings. The SMILES string of the molecule is Cc1ccc(N2CCN(CCCN)CC2)nc1. The van der Waals surface area contributed by atoms with E-state index in [1.807, 2.05) is 6.20 Å². The zero-order chi connectivity index (χ0) is 12.1. The first-order chi connectivity index (χ1) is 8.29. The molecule has 0 aromatic carbocycles. The average Bonchev–Trinajstić information content (AvgIpc) is 2.38. The van der Waals surface area contributed by atoms with E-state index in [1.54, 1.807) is 0 Å². The molecule has 0 radical (unpaired) electrons. The number of aromatic nitrogens is 1. The molecule has 0 unspecified atom stereocenters. The maximum atomic E-state index is 5.53.